The molecule has 1 aliphatic rings. The summed E-state index contributed by atoms with van der Waals surface area (Å²) in [6.07, 6.45) is 0. The molecular weight excluding hydrogens is 288 g/mol. The molecule has 0 spiro atoms. The van der Waals surface area contributed by atoms with Crippen LogP contribution in [0.25, 0.3) is 0 Å². The number of methoxy groups -OCH3 is 1. The van der Waals surface area contributed by atoms with E-state index in [1.165, 1.54) is 7.11 Å². The van der Waals surface area contributed by atoms with Crippen LogP contribution in [-0.2, 0) is 9.31 Å². The first kappa shape index (κ1) is 14.9. The summed E-state index contributed by atoms with van der Waals surface area (Å²) in [6, 6.07) is 1.61. The Morgan fingerprint density at radius 1 is 1.16 bits per heavy atom. The molecule has 1 aromatic heterocycles. The molecule has 104 valence electrons. The van der Waals surface area contributed by atoms with E-state index in [1.807, 2.05) is 27.7 Å². The molecule has 1 fully saturated rings. The molecule has 0 aromatic carbocycles. The van der Waals surface area contributed by atoms with Crippen LogP contribution in [0.5, 0.6) is 5.75 Å². The van der Waals surface area contributed by atoms with Gasteiger partial charge in [-0.3, -0.25) is 0 Å². The van der Waals surface area contributed by atoms with Crippen molar-refractivity contribution in [2.45, 2.75) is 38.9 Å². The van der Waals surface area contributed by atoms with E-state index in [1.54, 1.807) is 6.07 Å². The highest BCUT2D eigenvalue weighted by Gasteiger charge is 2.53. The highest BCUT2D eigenvalue weighted by molar-refractivity contribution is 6.65. The van der Waals surface area contributed by atoms with Gasteiger partial charge in [0.2, 0.25) is 0 Å². The van der Waals surface area contributed by atoms with Gasteiger partial charge in [0.25, 0.3) is 0 Å². The molecule has 0 radical (unpaired) electrons. The van der Waals surface area contributed by atoms with E-state index in [4.69, 9.17) is 37.2 Å². The minimum Gasteiger partial charge on any atom is -0.493 e. The van der Waals surface area contributed by atoms with Crippen LogP contribution in [0.2, 0.25) is 10.2 Å². The quantitative estimate of drug-likeness (QED) is 0.622. The SMILES string of the molecule is COc1cc(Cl)c(B2OC(C)(C)C(C)(C)O2)nc1Cl. The summed E-state index contributed by atoms with van der Waals surface area (Å²) in [5, 5.41) is 0.636. The van der Waals surface area contributed by atoms with Gasteiger partial charge >= 0.3 is 7.12 Å². The van der Waals surface area contributed by atoms with Gasteiger partial charge in [0.1, 0.15) is 0 Å². The summed E-state index contributed by atoms with van der Waals surface area (Å²) in [5.41, 5.74) is -0.435. The maximum Gasteiger partial charge on any atom is 0.516 e. The molecule has 1 saturated heterocycles. The van der Waals surface area contributed by atoms with Crippen molar-refractivity contribution in [1.29, 1.82) is 0 Å². The lowest BCUT2D eigenvalue weighted by atomic mass is 9.84. The molecule has 0 aliphatic carbocycles. The molecule has 19 heavy (non-hydrogen) atoms. The molecule has 2 heterocycles. The van der Waals surface area contributed by atoms with Crippen LogP contribution in [0, 0.1) is 0 Å². The predicted molar refractivity (Wildman–Crippen MR) is 76.5 cm³/mol. The van der Waals surface area contributed by atoms with Crippen LogP contribution in [-0.4, -0.2) is 30.4 Å². The van der Waals surface area contributed by atoms with Crippen molar-refractivity contribution in [3.05, 3.63) is 16.2 Å². The van der Waals surface area contributed by atoms with Crippen LogP contribution >= 0.6 is 23.2 Å². The van der Waals surface area contributed by atoms with Crippen molar-refractivity contribution in [1.82, 2.24) is 4.98 Å². The zero-order valence-electron chi connectivity index (χ0n) is 11.6. The average Bonchev–Trinajstić information content (AvgIpc) is 2.50. The Labute approximate surface area is 123 Å². The van der Waals surface area contributed by atoms with Crippen LogP contribution in [0.1, 0.15) is 27.7 Å². The molecule has 0 atom stereocenters. The first-order chi connectivity index (χ1) is 8.68. The maximum atomic E-state index is 6.19. The van der Waals surface area contributed by atoms with Crippen molar-refractivity contribution in [3.8, 4) is 5.75 Å². The lowest BCUT2D eigenvalue weighted by Crippen LogP contribution is -2.41. The fourth-order valence-electron chi connectivity index (χ4n) is 1.73. The van der Waals surface area contributed by atoms with E-state index < -0.39 is 18.3 Å². The van der Waals surface area contributed by atoms with Gasteiger partial charge in [0.15, 0.2) is 10.9 Å². The number of hydrogen-bond acceptors (Lipinski definition) is 4. The van der Waals surface area contributed by atoms with Crippen LogP contribution in [0.15, 0.2) is 6.07 Å². The van der Waals surface area contributed by atoms with Gasteiger partial charge in [-0.2, -0.15) is 0 Å². The van der Waals surface area contributed by atoms with Crippen molar-refractivity contribution in [2.75, 3.05) is 7.11 Å². The lowest BCUT2D eigenvalue weighted by Gasteiger charge is -2.32. The largest absolute Gasteiger partial charge is 0.516 e. The summed E-state index contributed by atoms with van der Waals surface area (Å²) in [6.45, 7) is 7.86. The van der Waals surface area contributed by atoms with Gasteiger partial charge < -0.3 is 14.0 Å². The molecule has 2 rings (SSSR count). The monoisotopic (exact) mass is 303 g/mol. The number of halogens is 2. The van der Waals surface area contributed by atoms with Crippen LogP contribution in [0.4, 0.5) is 0 Å². The summed E-state index contributed by atoms with van der Waals surface area (Å²) < 4.78 is 16.8. The number of hydrogen-bond donors (Lipinski definition) is 0. The first-order valence-electron chi connectivity index (χ1n) is 5.93. The van der Waals surface area contributed by atoms with Gasteiger partial charge in [-0.15, -0.1) is 0 Å². The van der Waals surface area contributed by atoms with E-state index >= 15 is 0 Å². The summed E-state index contributed by atoms with van der Waals surface area (Å²) in [5.74, 6) is 0.423. The van der Waals surface area contributed by atoms with Crippen molar-refractivity contribution < 1.29 is 14.0 Å². The van der Waals surface area contributed by atoms with Crippen LogP contribution < -0.4 is 10.3 Å². The van der Waals surface area contributed by atoms with E-state index in [9.17, 15) is 0 Å². The molecule has 1 aliphatic heterocycles. The zero-order valence-corrected chi connectivity index (χ0v) is 13.1. The normalized spacial score (nSPS) is 20.7. The van der Waals surface area contributed by atoms with Crippen molar-refractivity contribution in [3.63, 3.8) is 0 Å². The Hall–Kier alpha value is -0.485. The first-order valence-corrected chi connectivity index (χ1v) is 6.69. The zero-order chi connectivity index (χ0) is 14.4. The lowest BCUT2D eigenvalue weighted by molar-refractivity contribution is 0.00578. The second kappa shape index (κ2) is 4.81. The van der Waals surface area contributed by atoms with Gasteiger partial charge in [-0.25, -0.2) is 4.98 Å². The molecule has 0 saturated carbocycles. The third kappa shape index (κ3) is 2.57. The summed E-state index contributed by atoms with van der Waals surface area (Å²) in [7, 11) is 0.870. The molecule has 7 heteroatoms. The van der Waals surface area contributed by atoms with Crippen molar-refractivity contribution in [2.24, 2.45) is 0 Å². The molecule has 4 nitrogen and oxygen atoms in total. The summed E-state index contributed by atoms with van der Waals surface area (Å²) in [4.78, 5) is 4.22. The average molecular weight is 304 g/mol. The number of rotatable bonds is 2. The second-order valence-electron chi connectivity index (χ2n) is 5.44. The number of nitrogens with zero attached hydrogens (tertiary/aromatic N) is 1. The van der Waals surface area contributed by atoms with E-state index in [2.05, 4.69) is 4.98 Å². The Morgan fingerprint density at radius 3 is 2.16 bits per heavy atom. The number of aromatic nitrogens is 1. The predicted octanol–water partition coefficient (Wildman–Crippen LogP) is 2.70. The number of ether oxygens (including phenoxy) is 1. The van der Waals surface area contributed by atoms with E-state index in [0.717, 1.165) is 0 Å². The second-order valence-corrected chi connectivity index (χ2v) is 6.20. The third-order valence-corrected chi connectivity index (χ3v) is 4.19. The molecule has 1 aromatic rings. The highest BCUT2D eigenvalue weighted by Crippen LogP contribution is 2.37. The molecule has 0 unspecified atom stereocenters. The van der Waals surface area contributed by atoms with Crippen LogP contribution in [0.3, 0.4) is 0 Å². The van der Waals surface area contributed by atoms with E-state index in [-0.39, 0.29) is 5.15 Å². The maximum absolute atomic E-state index is 6.19. The molecule has 0 amide bonds. The number of pyridine rings is 1. The smallest absolute Gasteiger partial charge is 0.493 e. The fourth-order valence-corrected chi connectivity index (χ4v) is 2.18. The standard InChI is InChI=1S/C12H16BCl2NO3/c1-11(2)12(3,4)19-13(18-11)9-7(14)6-8(17-5)10(15)16-9/h6H,1-5H3. The molecule has 0 bridgehead atoms. The Bertz CT molecular complexity index is 492. The van der Waals surface area contributed by atoms with Gasteiger partial charge in [0, 0.05) is 6.07 Å². The minimum absolute atomic E-state index is 0.233. The van der Waals surface area contributed by atoms with Crippen molar-refractivity contribution >= 4 is 35.9 Å². The topological polar surface area (TPSA) is 40.6 Å². The summed E-state index contributed by atoms with van der Waals surface area (Å²) >= 11 is 12.2. The molecule has 0 N–H and O–H groups in total. The minimum atomic E-state index is -0.638. The Morgan fingerprint density at radius 2 is 1.68 bits per heavy atom. The van der Waals surface area contributed by atoms with E-state index in [0.29, 0.717) is 16.4 Å². The third-order valence-electron chi connectivity index (χ3n) is 3.62. The fraction of sp³-hybridized carbons (Fsp3) is 0.583. The van der Waals surface area contributed by atoms with Gasteiger partial charge in [0.05, 0.1) is 28.9 Å². The van der Waals surface area contributed by atoms with Gasteiger partial charge in [-0.05, 0) is 27.7 Å². The van der Waals surface area contributed by atoms with Gasteiger partial charge in [-0.1, -0.05) is 23.2 Å². The Kier molecular flexibility index (Phi) is 3.78. The Balaban J connectivity index is 2.37. The molecular formula is C12H16BCl2NO3. The highest BCUT2D eigenvalue weighted by atomic mass is 35.5.